The Kier molecular flexibility index (Phi) is 8.98. The number of aliphatic imine (C=N–C) groups is 1. The Morgan fingerprint density at radius 2 is 2.33 bits per heavy atom. The molecule has 0 saturated carbocycles. The molecule has 0 bridgehead atoms. The van der Waals surface area contributed by atoms with Gasteiger partial charge in [0, 0.05) is 58.0 Å². The zero-order valence-corrected chi connectivity index (χ0v) is 18.9. The van der Waals surface area contributed by atoms with Gasteiger partial charge in [0.2, 0.25) is 0 Å². The summed E-state index contributed by atoms with van der Waals surface area (Å²) >= 11 is 6.11. The molecule has 0 aromatic carbocycles. The van der Waals surface area contributed by atoms with Gasteiger partial charge in [-0.25, -0.2) is 0 Å². The van der Waals surface area contributed by atoms with Crippen molar-refractivity contribution in [3.05, 3.63) is 47.1 Å². The SMILES string of the molecule is CN(Cc1cc(Cl)cn1C)C(=NCC1CCOC1)NCCc1ccco1.I. The number of hydrogen-bond donors (Lipinski definition) is 1. The second kappa shape index (κ2) is 11.0. The summed E-state index contributed by atoms with van der Waals surface area (Å²) in [5, 5.41) is 4.21. The van der Waals surface area contributed by atoms with Crippen molar-refractivity contribution in [1.29, 1.82) is 0 Å². The summed E-state index contributed by atoms with van der Waals surface area (Å²) in [6.07, 6.45) is 5.53. The summed E-state index contributed by atoms with van der Waals surface area (Å²) in [5.41, 5.74) is 1.14. The van der Waals surface area contributed by atoms with Crippen molar-refractivity contribution in [3.63, 3.8) is 0 Å². The molecule has 1 fully saturated rings. The Morgan fingerprint density at radius 3 is 2.96 bits per heavy atom. The highest BCUT2D eigenvalue weighted by Gasteiger charge is 2.16. The van der Waals surface area contributed by atoms with E-state index in [0.717, 1.165) is 68.1 Å². The van der Waals surface area contributed by atoms with Gasteiger partial charge in [-0.1, -0.05) is 11.6 Å². The van der Waals surface area contributed by atoms with Gasteiger partial charge in [-0.2, -0.15) is 0 Å². The maximum atomic E-state index is 6.11. The maximum Gasteiger partial charge on any atom is 0.194 e. The summed E-state index contributed by atoms with van der Waals surface area (Å²) in [6.45, 7) is 3.93. The van der Waals surface area contributed by atoms with Crippen LogP contribution < -0.4 is 5.32 Å². The number of hydrogen-bond acceptors (Lipinski definition) is 3. The first-order valence-corrected chi connectivity index (χ1v) is 9.40. The summed E-state index contributed by atoms with van der Waals surface area (Å²) in [5.74, 6) is 2.37. The molecule has 0 radical (unpaired) electrons. The minimum absolute atomic E-state index is 0. The Hall–Kier alpha value is -1.19. The van der Waals surface area contributed by atoms with Crippen LogP contribution in [0.3, 0.4) is 0 Å². The number of guanidine groups is 1. The van der Waals surface area contributed by atoms with Crippen LogP contribution in [0.5, 0.6) is 0 Å². The molecule has 0 spiro atoms. The van der Waals surface area contributed by atoms with Crippen LogP contribution in [0.2, 0.25) is 5.02 Å². The highest BCUT2D eigenvalue weighted by atomic mass is 127. The number of aromatic nitrogens is 1. The molecule has 1 aliphatic heterocycles. The van der Waals surface area contributed by atoms with Crippen LogP contribution in [-0.4, -0.2) is 48.8 Å². The van der Waals surface area contributed by atoms with Crippen LogP contribution in [0.4, 0.5) is 0 Å². The van der Waals surface area contributed by atoms with Crippen molar-refractivity contribution in [1.82, 2.24) is 14.8 Å². The second-order valence-electron chi connectivity index (χ2n) is 6.77. The van der Waals surface area contributed by atoms with Crippen molar-refractivity contribution >= 4 is 41.5 Å². The number of rotatable bonds is 7. The molecular formula is C19H28ClIN4O2. The first-order valence-electron chi connectivity index (χ1n) is 9.02. The minimum atomic E-state index is 0. The number of furan rings is 1. The van der Waals surface area contributed by atoms with Gasteiger partial charge in [-0.15, -0.1) is 24.0 Å². The third-order valence-electron chi connectivity index (χ3n) is 4.59. The average molecular weight is 507 g/mol. The topological polar surface area (TPSA) is 54.9 Å². The third-order valence-corrected chi connectivity index (χ3v) is 4.80. The number of nitrogens with one attached hydrogen (secondary N) is 1. The van der Waals surface area contributed by atoms with Crippen molar-refractivity contribution in [2.45, 2.75) is 19.4 Å². The first-order chi connectivity index (χ1) is 12.6. The van der Waals surface area contributed by atoms with E-state index in [1.807, 2.05) is 43.1 Å². The van der Waals surface area contributed by atoms with E-state index >= 15 is 0 Å². The molecule has 3 rings (SSSR count). The zero-order chi connectivity index (χ0) is 18.4. The highest BCUT2D eigenvalue weighted by Crippen LogP contribution is 2.15. The van der Waals surface area contributed by atoms with Crippen LogP contribution in [0.25, 0.3) is 0 Å². The van der Waals surface area contributed by atoms with E-state index in [4.69, 9.17) is 25.7 Å². The molecule has 2 aromatic rings. The van der Waals surface area contributed by atoms with E-state index in [2.05, 4.69) is 10.2 Å². The monoisotopic (exact) mass is 506 g/mol. The number of ether oxygens (including phenoxy) is 1. The molecule has 1 aliphatic rings. The van der Waals surface area contributed by atoms with E-state index in [1.165, 1.54) is 0 Å². The van der Waals surface area contributed by atoms with Crippen LogP contribution in [0.1, 0.15) is 17.9 Å². The van der Waals surface area contributed by atoms with Gasteiger partial charge < -0.3 is 23.9 Å². The average Bonchev–Trinajstić information content (AvgIpc) is 3.34. The third kappa shape index (κ3) is 6.73. The fourth-order valence-corrected chi connectivity index (χ4v) is 3.32. The molecule has 1 atom stereocenters. The number of halogens is 2. The van der Waals surface area contributed by atoms with Gasteiger partial charge in [0.05, 0.1) is 24.4 Å². The summed E-state index contributed by atoms with van der Waals surface area (Å²) < 4.78 is 12.9. The predicted octanol–water partition coefficient (Wildman–Crippen LogP) is 3.55. The molecule has 6 nitrogen and oxygen atoms in total. The Morgan fingerprint density at radius 1 is 1.48 bits per heavy atom. The van der Waals surface area contributed by atoms with Gasteiger partial charge in [-0.3, -0.25) is 4.99 Å². The molecule has 0 aliphatic carbocycles. The van der Waals surface area contributed by atoms with Crippen molar-refractivity contribution in [3.8, 4) is 0 Å². The Balaban J connectivity index is 0.00000261. The van der Waals surface area contributed by atoms with Crippen LogP contribution in [-0.2, 0) is 24.8 Å². The minimum Gasteiger partial charge on any atom is -0.469 e. The Labute approximate surface area is 182 Å². The van der Waals surface area contributed by atoms with Crippen LogP contribution >= 0.6 is 35.6 Å². The molecule has 1 saturated heterocycles. The Bertz CT molecular complexity index is 711. The molecule has 3 heterocycles. The predicted molar refractivity (Wildman–Crippen MR) is 119 cm³/mol. The lowest BCUT2D eigenvalue weighted by Crippen LogP contribution is -2.40. The summed E-state index contributed by atoms with van der Waals surface area (Å²) in [4.78, 5) is 6.96. The molecule has 8 heteroatoms. The smallest absolute Gasteiger partial charge is 0.194 e. The standard InChI is InChI=1S/C19H27ClN4O2.HI/c1-23-12-16(20)10-17(23)13-24(2)19(22-11-15-6-9-25-14-15)21-7-5-18-4-3-8-26-18;/h3-4,8,10,12,15H,5-7,9,11,13-14H2,1-2H3,(H,21,22);1H. The van der Waals surface area contributed by atoms with E-state index in [-0.39, 0.29) is 24.0 Å². The number of nitrogens with zero attached hydrogens (tertiary/aromatic N) is 3. The molecule has 150 valence electrons. The quantitative estimate of drug-likeness (QED) is 0.355. The van der Waals surface area contributed by atoms with Crippen molar-refractivity contribution < 1.29 is 9.15 Å². The summed E-state index contributed by atoms with van der Waals surface area (Å²) in [7, 11) is 4.05. The molecule has 27 heavy (non-hydrogen) atoms. The van der Waals surface area contributed by atoms with E-state index in [0.29, 0.717) is 5.92 Å². The second-order valence-corrected chi connectivity index (χ2v) is 7.20. The van der Waals surface area contributed by atoms with E-state index in [9.17, 15) is 0 Å². The fraction of sp³-hybridized carbons (Fsp3) is 0.526. The molecular weight excluding hydrogens is 479 g/mol. The molecule has 1 unspecified atom stereocenters. The van der Waals surface area contributed by atoms with Crippen LogP contribution in [0.15, 0.2) is 40.1 Å². The van der Waals surface area contributed by atoms with Gasteiger partial charge in [0.15, 0.2) is 5.96 Å². The van der Waals surface area contributed by atoms with Gasteiger partial charge in [0.1, 0.15) is 5.76 Å². The highest BCUT2D eigenvalue weighted by molar-refractivity contribution is 14.0. The lowest BCUT2D eigenvalue weighted by molar-refractivity contribution is 0.187. The van der Waals surface area contributed by atoms with Gasteiger partial charge in [-0.05, 0) is 24.6 Å². The van der Waals surface area contributed by atoms with Gasteiger partial charge >= 0.3 is 0 Å². The van der Waals surface area contributed by atoms with E-state index < -0.39 is 0 Å². The van der Waals surface area contributed by atoms with Crippen molar-refractivity contribution in [2.24, 2.45) is 18.0 Å². The normalized spacial score (nSPS) is 17.0. The number of aryl methyl sites for hydroxylation is 1. The maximum absolute atomic E-state index is 6.11. The van der Waals surface area contributed by atoms with Gasteiger partial charge in [0.25, 0.3) is 0 Å². The van der Waals surface area contributed by atoms with Crippen LogP contribution in [0, 0.1) is 5.92 Å². The zero-order valence-electron chi connectivity index (χ0n) is 15.9. The van der Waals surface area contributed by atoms with E-state index in [1.54, 1.807) is 6.26 Å². The fourth-order valence-electron chi connectivity index (χ4n) is 3.05. The largest absolute Gasteiger partial charge is 0.469 e. The summed E-state index contributed by atoms with van der Waals surface area (Å²) in [6, 6.07) is 5.89. The molecule has 1 N–H and O–H groups in total. The molecule has 2 aromatic heterocycles. The lowest BCUT2D eigenvalue weighted by atomic mass is 10.1. The molecule has 0 amide bonds. The first kappa shape index (κ1) is 22.1. The lowest BCUT2D eigenvalue weighted by Gasteiger charge is -2.23. The van der Waals surface area contributed by atoms with Crippen molar-refractivity contribution in [2.75, 3.05) is 33.4 Å².